The first-order valence-electron chi connectivity index (χ1n) is 17.8. The first-order valence-corrected chi connectivity index (χ1v) is 17.8. The van der Waals surface area contributed by atoms with Crippen molar-refractivity contribution in [1.29, 1.82) is 0 Å². The van der Waals surface area contributed by atoms with Crippen molar-refractivity contribution >= 4 is 49.4 Å². The van der Waals surface area contributed by atoms with E-state index in [-0.39, 0.29) is 0 Å². The summed E-state index contributed by atoms with van der Waals surface area (Å²) in [7, 11) is 0. The number of para-hydroxylation sites is 2. The van der Waals surface area contributed by atoms with Gasteiger partial charge in [-0.15, -0.1) is 0 Å². The molecule has 9 rings (SSSR count). The monoisotopic (exact) mass is 629 g/mol. The van der Waals surface area contributed by atoms with E-state index in [9.17, 15) is 0 Å². The third-order valence-corrected chi connectivity index (χ3v) is 10.6. The highest BCUT2D eigenvalue weighted by molar-refractivity contribution is 6.06. The fourth-order valence-electron chi connectivity index (χ4n) is 8.33. The molecule has 1 heteroatoms. The Bertz CT molecular complexity index is 2440. The third-order valence-electron chi connectivity index (χ3n) is 10.6. The fourth-order valence-corrected chi connectivity index (χ4v) is 8.33. The Hall–Kier alpha value is -5.66. The maximum atomic E-state index is 2.50. The van der Waals surface area contributed by atoms with E-state index in [0.29, 0.717) is 5.92 Å². The zero-order valence-electron chi connectivity index (χ0n) is 27.7. The van der Waals surface area contributed by atoms with Crippen LogP contribution >= 0.6 is 0 Å². The van der Waals surface area contributed by atoms with Crippen molar-refractivity contribution in [2.45, 2.75) is 38.0 Å². The number of hydrogen-bond donors (Lipinski definition) is 0. The van der Waals surface area contributed by atoms with E-state index in [1.54, 1.807) is 0 Å². The van der Waals surface area contributed by atoms with Crippen molar-refractivity contribution in [3.8, 4) is 22.3 Å². The second kappa shape index (κ2) is 12.7. The van der Waals surface area contributed by atoms with Crippen LogP contribution in [0.1, 0.15) is 43.6 Å². The van der Waals surface area contributed by atoms with Crippen LogP contribution in [0.2, 0.25) is 0 Å². The summed E-state index contributed by atoms with van der Waals surface area (Å²) < 4.78 is 0. The first kappa shape index (κ1) is 29.5. The van der Waals surface area contributed by atoms with Gasteiger partial charge in [-0.2, -0.15) is 0 Å². The molecule has 0 aliphatic heterocycles. The van der Waals surface area contributed by atoms with Crippen molar-refractivity contribution in [3.05, 3.63) is 175 Å². The third kappa shape index (κ3) is 5.36. The molecule has 0 radical (unpaired) electrons. The van der Waals surface area contributed by atoms with Gasteiger partial charge in [0.2, 0.25) is 0 Å². The normalized spacial score (nSPS) is 13.6. The quantitative estimate of drug-likeness (QED) is 0.177. The molecule has 0 spiro atoms. The van der Waals surface area contributed by atoms with Crippen LogP contribution in [0.15, 0.2) is 170 Å². The van der Waals surface area contributed by atoms with Crippen LogP contribution in [0, 0.1) is 0 Å². The van der Waals surface area contributed by atoms with Crippen molar-refractivity contribution < 1.29 is 0 Å². The summed E-state index contributed by atoms with van der Waals surface area (Å²) in [6, 6.07) is 62.8. The molecule has 8 aromatic rings. The SMILES string of the molecule is c1ccc(N(c2ccc3ccccc3c2)c2ccccc2-c2cccc3cccc(C4CCCCC4)c23)c(-c2cccc3ccccc23)c1. The van der Waals surface area contributed by atoms with E-state index in [4.69, 9.17) is 0 Å². The van der Waals surface area contributed by atoms with Gasteiger partial charge in [-0.3, -0.25) is 0 Å². The van der Waals surface area contributed by atoms with Crippen molar-refractivity contribution in [2.75, 3.05) is 4.90 Å². The van der Waals surface area contributed by atoms with Crippen LogP contribution in [-0.2, 0) is 0 Å². The van der Waals surface area contributed by atoms with E-state index in [2.05, 4.69) is 175 Å². The second-order valence-electron chi connectivity index (χ2n) is 13.5. The number of nitrogens with zero attached hydrogens (tertiary/aromatic N) is 1. The van der Waals surface area contributed by atoms with Crippen molar-refractivity contribution in [1.82, 2.24) is 0 Å². The van der Waals surface area contributed by atoms with Crippen LogP contribution in [0.4, 0.5) is 17.1 Å². The molecule has 236 valence electrons. The van der Waals surface area contributed by atoms with Crippen LogP contribution in [0.5, 0.6) is 0 Å². The van der Waals surface area contributed by atoms with Crippen molar-refractivity contribution in [3.63, 3.8) is 0 Å². The van der Waals surface area contributed by atoms with E-state index in [1.807, 2.05) is 0 Å². The number of anilines is 3. The molecular weight excluding hydrogens is 591 g/mol. The zero-order valence-corrected chi connectivity index (χ0v) is 27.7. The van der Waals surface area contributed by atoms with Crippen molar-refractivity contribution in [2.24, 2.45) is 0 Å². The standard InChI is InChI=1S/C48H39N/c1-2-16-36(17-3-1)41-26-13-21-37-22-14-28-45(48(37)41)44-25-9-11-30-47(44)49(39-32-31-34-15-4-5-19-38(34)33-39)46-29-10-8-24-43(46)42-27-12-20-35-18-6-7-23-40(35)42/h4-15,18-33,36H,1-3,16-17H2. The largest absolute Gasteiger partial charge is 0.309 e. The Labute approximate surface area is 289 Å². The molecule has 0 aromatic heterocycles. The highest BCUT2D eigenvalue weighted by Crippen LogP contribution is 2.48. The topological polar surface area (TPSA) is 3.24 Å². The molecule has 1 fully saturated rings. The van der Waals surface area contributed by atoms with Crippen LogP contribution in [0.25, 0.3) is 54.6 Å². The van der Waals surface area contributed by atoms with E-state index in [1.165, 1.54) is 97.9 Å². The van der Waals surface area contributed by atoms with E-state index >= 15 is 0 Å². The molecule has 8 aromatic carbocycles. The number of fused-ring (bicyclic) bond motifs is 3. The van der Waals surface area contributed by atoms with Gasteiger partial charge in [0, 0.05) is 16.8 Å². The molecule has 0 bridgehead atoms. The van der Waals surface area contributed by atoms with Gasteiger partial charge in [-0.25, -0.2) is 0 Å². The number of rotatable bonds is 6. The summed E-state index contributed by atoms with van der Waals surface area (Å²) in [5, 5.41) is 7.71. The number of hydrogen-bond acceptors (Lipinski definition) is 1. The van der Waals surface area contributed by atoms with Gasteiger partial charge >= 0.3 is 0 Å². The summed E-state index contributed by atoms with van der Waals surface area (Å²) in [4.78, 5) is 2.50. The Morgan fingerprint density at radius 1 is 0.388 bits per heavy atom. The molecule has 0 heterocycles. The lowest BCUT2D eigenvalue weighted by Crippen LogP contribution is -2.12. The highest BCUT2D eigenvalue weighted by atomic mass is 15.1. The van der Waals surface area contributed by atoms with E-state index < -0.39 is 0 Å². The molecule has 1 saturated carbocycles. The maximum absolute atomic E-state index is 2.50. The summed E-state index contributed by atoms with van der Waals surface area (Å²) in [6.07, 6.45) is 6.54. The minimum Gasteiger partial charge on any atom is -0.309 e. The minimum absolute atomic E-state index is 0.606. The molecule has 0 saturated heterocycles. The molecule has 1 aliphatic rings. The molecule has 0 amide bonds. The molecule has 0 unspecified atom stereocenters. The van der Waals surface area contributed by atoms with E-state index in [0.717, 1.165) is 11.4 Å². The van der Waals surface area contributed by atoms with Gasteiger partial charge < -0.3 is 4.90 Å². The predicted molar refractivity (Wildman–Crippen MR) is 210 cm³/mol. The second-order valence-corrected chi connectivity index (χ2v) is 13.5. The van der Waals surface area contributed by atoms with Gasteiger partial charge in [0.15, 0.2) is 0 Å². The highest BCUT2D eigenvalue weighted by Gasteiger charge is 2.24. The lowest BCUT2D eigenvalue weighted by atomic mass is 9.80. The summed E-state index contributed by atoms with van der Waals surface area (Å²) >= 11 is 0. The Kier molecular flexibility index (Phi) is 7.67. The predicted octanol–water partition coefficient (Wildman–Crippen LogP) is 14.0. The molecule has 0 atom stereocenters. The smallest absolute Gasteiger partial charge is 0.0540 e. The molecule has 0 N–H and O–H groups in total. The number of benzene rings is 8. The summed E-state index contributed by atoms with van der Waals surface area (Å²) in [6.45, 7) is 0. The van der Waals surface area contributed by atoms with Gasteiger partial charge in [-0.1, -0.05) is 165 Å². The molecule has 49 heavy (non-hydrogen) atoms. The molecule has 1 nitrogen and oxygen atoms in total. The van der Waals surface area contributed by atoms with Gasteiger partial charge in [0.05, 0.1) is 11.4 Å². The fraction of sp³-hybridized carbons (Fsp3) is 0.125. The Balaban J connectivity index is 1.32. The summed E-state index contributed by atoms with van der Waals surface area (Å²) in [5.41, 5.74) is 10.00. The Morgan fingerprint density at radius 3 is 1.71 bits per heavy atom. The van der Waals surface area contributed by atoms with Crippen LogP contribution in [-0.4, -0.2) is 0 Å². The maximum Gasteiger partial charge on any atom is 0.0540 e. The Morgan fingerprint density at radius 2 is 0.939 bits per heavy atom. The minimum atomic E-state index is 0.606. The van der Waals surface area contributed by atoms with Crippen LogP contribution in [0.3, 0.4) is 0 Å². The lowest BCUT2D eigenvalue weighted by Gasteiger charge is -2.31. The van der Waals surface area contributed by atoms with Gasteiger partial charge in [-0.05, 0) is 92.0 Å². The summed E-state index contributed by atoms with van der Waals surface area (Å²) in [5.74, 6) is 0.606. The zero-order chi connectivity index (χ0) is 32.6. The molecule has 1 aliphatic carbocycles. The van der Waals surface area contributed by atoms with Gasteiger partial charge in [0.25, 0.3) is 0 Å². The van der Waals surface area contributed by atoms with Gasteiger partial charge in [0.1, 0.15) is 0 Å². The average Bonchev–Trinajstić information content (AvgIpc) is 3.18. The average molecular weight is 630 g/mol. The first-order chi connectivity index (χ1) is 24.3. The van der Waals surface area contributed by atoms with Crippen LogP contribution < -0.4 is 4.90 Å². The lowest BCUT2D eigenvalue weighted by molar-refractivity contribution is 0.445. The molecular formula is C48H39N.